The van der Waals surface area contributed by atoms with Crippen LogP contribution in [0, 0.1) is 0 Å². The quantitative estimate of drug-likeness (QED) is 0.359. The van der Waals surface area contributed by atoms with E-state index in [0.29, 0.717) is 31.1 Å². The molecule has 4 nitrogen and oxygen atoms in total. The molecule has 0 amide bonds. The van der Waals surface area contributed by atoms with E-state index in [4.69, 9.17) is 13.9 Å². The van der Waals surface area contributed by atoms with Crippen molar-refractivity contribution in [3.63, 3.8) is 0 Å². The fraction of sp³-hybridized carbons (Fsp3) is 0.250. The van der Waals surface area contributed by atoms with Crippen LogP contribution in [0.25, 0.3) is 22.3 Å². The lowest BCUT2D eigenvalue weighted by Crippen LogP contribution is -2.08. The number of benzene rings is 2. The molecular formula is C20H16BrF3O4. The molecule has 28 heavy (non-hydrogen) atoms. The number of ether oxygens (including phenoxy) is 2. The van der Waals surface area contributed by atoms with Crippen molar-refractivity contribution in [1.82, 2.24) is 0 Å². The summed E-state index contributed by atoms with van der Waals surface area (Å²) in [5, 5.41) is 0.651. The molecule has 0 aliphatic heterocycles. The molecule has 0 aliphatic carbocycles. The minimum atomic E-state index is -4.52. The van der Waals surface area contributed by atoms with Crippen LogP contribution in [-0.4, -0.2) is 25.2 Å². The standard InChI is InChI=1S/C20H16BrF3O4/c21-7-8-26-9-10-27-15-4-1-13(2-5-15)19-12-17(25)16-11-14(20(22,23)24)3-6-18(16)28-19/h1-6,11-12H,7-10H2. The molecule has 0 unspecified atom stereocenters. The van der Waals surface area contributed by atoms with E-state index in [1.807, 2.05) is 0 Å². The minimum Gasteiger partial charge on any atom is -0.491 e. The van der Waals surface area contributed by atoms with Crippen molar-refractivity contribution in [2.45, 2.75) is 6.18 Å². The molecular weight excluding hydrogens is 441 g/mol. The zero-order valence-electron chi connectivity index (χ0n) is 14.6. The summed E-state index contributed by atoms with van der Waals surface area (Å²) < 4.78 is 54.9. The molecule has 0 bridgehead atoms. The lowest BCUT2D eigenvalue weighted by Gasteiger charge is -2.09. The molecule has 0 atom stereocenters. The number of rotatable bonds is 7. The average molecular weight is 457 g/mol. The zero-order valence-corrected chi connectivity index (χ0v) is 16.2. The van der Waals surface area contributed by atoms with Crippen LogP contribution in [0.15, 0.2) is 57.7 Å². The smallest absolute Gasteiger partial charge is 0.416 e. The molecule has 0 saturated carbocycles. The Labute approximate surface area is 167 Å². The van der Waals surface area contributed by atoms with Crippen molar-refractivity contribution < 1.29 is 27.1 Å². The highest BCUT2D eigenvalue weighted by molar-refractivity contribution is 9.09. The van der Waals surface area contributed by atoms with Crippen molar-refractivity contribution >= 4 is 26.9 Å². The van der Waals surface area contributed by atoms with Crippen molar-refractivity contribution in [3.05, 3.63) is 64.3 Å². The van der Waals surface area contributed by atoms with Crippen molar-refractivity contribution in [2.24, 2.45) is 0 Å². The first-order valence-corrected chi connectivity index (χ1v) is 9.52. The lowest BCUT2D eigenvalue weighted by molar-refractivity contribution is -0.137. The third-order valence-corrected chi connectivity index (χ3v) is 4.23. The van der Waals surface area contributed by atoms with Gasteiger partial charge in [-0.05, 0) is 42.5 Å². The maximum Gasteiger partial charge on any atom is 0.416 e. The maximum atomic E-state index is 12.8. The molecule has 0 radical (unpaired) electrons. The topological polar surface area (TPSA) is 48.7 Å². The van der Waals surface area contributed by atoms with Crippen LogP contribution < -0.4 is 10.2 Å². The van der Waals surface area contributed by atoms with E-state index < -0.39 is 17.2 Å². The summed E-state index contributed by atoms with van der Waals surface area (Å²) in [6, 6.07) is 10.9. The molecule has 1 aromatic heterocycles. The van der Waals surface area contributed by atoms with Crippen LogP contribution in [-0.2, 0) is 10.9 Å². The van der Waals surface area contributed by atoms with Gasteiger partial charge in [0.2, 0.25) is 0 Å². The van der Waals surface area contributed by atoms with E-state index in [0.717, 1.165) is 23.5 Å². The minimum absolute atomic E-state index is 0.0970. The Morgan fingerprint density at radius 1 is 0.964 bits per heavy atom. The first-order valence-electron chi connectivity index (χ1n) is 8.40. The zero-order chi connectivity index (χ0) is 20.1. The Morgan fingerprint density at radius 3 is 2.39 bits per heavy atom. The van der Waals surface area contributed by atoms with E-state index in [9.17, 15) is 18.0 Å². The van der Waals surface area contributed by atoms with Gasteiger partial charge in [0.15, 0.2) is 5.43 Å². The fourth-order valence-electron chi connectivity index (χ4n) is 2.57. The van der Waals surface area contributed by atoms with Crippen molar-refractivity contribution in [1.29, 1.82) is 0 Å². The van der Waals surface area contributed by atoms with E-state index >= 15 is 0 Å². The first kappa shape index (κ1) is 20.4. The molecule has 0 fully saturated rings. The molecule has 0 spiro atoms. The Balaban J connectivity index is 1.79. The molecule has 2 aromatic carbocycles. The molecule has 1 heterocycles. The maximum absolute atomic E-state index is 12.8. The van der Waals surface area contributed by atoms with Gasteiger partial charge in [0, 0.05) is 17.0 Å². The van der Waals surface area contributed by atoms with Gasteiger partial charge in [-0.2, -0.15) is 13.2 Å². The summed E-state index contributed by atoms with van der Waals surface area (Å²) in [5.74, 6) is 0.897. The molecule has 0 N–H and O–H groups in total. The normalized spacial score (nSPS) is 11.7. The Morgan fingerprint density at radius 2 is 1.71 bits per heavy atom. The number of fused-ring (bicyclic) bond motifs is 1. The SMILES string of the molecule is O=c1cc(-c2ccc(OCCOCCBr)cc2)oc2ccc(C(F)(F)F)cc12. The third kappa shape index (κ3) is 4.94. The fourth-order valence-corrected chi connectivity index (χ4v) is 2.79. The van der Waals surface area contributed by atoms with Crippen molar-refractivity contribution in [3.8, 4) is 17.1 Å². The second-order valence-corrected chi connectivity index (χ2v) is 6.65. The highest BCUT2D eigenvalue weighted by Gasteiger charge is 2.30. The van der Waals surface area contributed by atoms with Crippen molar-refractivity contribution in [2.75, 3.05) is 25.2 Å². The number of alkyl halides is 4. The van der Waals surface area contributed by atoms with Gasteiger partial charge in [-0.15, -0.1) is 0 Å². The predicted octanol–water partition coefficient (Wildman–Crippen LogP) is 5.27. The highest BCUT2D eigenvalue weighted by atomic mass is 79.9. The highest BCUT2D eigenvalue weighted by Crippen LogP contribution is 2.32. The van der Waals surface area contributed by atoms with Crippen LogP contribution in [0.2, 0.25) is 0 Å². The van der Waals surface area contributed by atoms with E-state index in [1.54, 1.807) is 24.3 Å². The van der Waals surface area contributed by atoms with Crippen LogP contribution in [0.5, 0.6) is 5.75 Å². The summed E-state index contributed by atoms with van der Waals surface area (Å²) in [7, 11) is 0. The van der Waals surface area contributed by atoms with Gasteiger partial charge in [0.1, 0.15) is 23.7 Å². The number of hydrogen-bond donors (Lipinski definition) is 0. The van der Waals surface area contributed by atoms with Crippen LogP contribution in [0.4, 0.5) is 13.2 Å². The van der Waals surface area contributed by atoms with Gasteiger partial charge in [-0.25, -0.2) is 0 Å². The average Bonchev–Trinajstić information content (AvgIpc) is 2.67. The number of hydrogen-bond acceptors (Lipinski definition) is 4. The van der Waals surface area contributed by atoms with Gasteiger partial charge in [-0.3, -0.25) is 4.79 Å². The van der Waals surface area contributed by atoms with Gasteiger partial charge in [-0.1, -0.05) is 15.9 Å². The number of halogens is 4. The van der Waals surface area contributed by atoms with Gasteiger partial charge >= 0.3 is 6.18 Å². The molecule has 0 aliphatic rings. The Hall–Kier alpha value is -2.32. The molecule has 3 aromatic rings. The molecule has 3 rings (SSSR count). The summed E-state index contributed by atoms with van der Waals surface area (Å²) in [4.78, 5) is 12.3. The monoisotopic (exact) mass is 456 g/mol. The van der Waals surface area contributed by atoms with Crippen LogP contribution >= 0.6 is 15.9 Å². The second kappa shape index (κ2) is 8.79. The third-order valence-electron chi connectivity index (χ3n) is 3.91. The summed E-state index contributed by atoms with van der Waals surface area (Å²) in [5.41, 5.74) is -0.713. The van der Waals surface area contributed by atoms with E-state index in [-0.39, 0.29) is 16.7 Å². The second-order valence-electron chi connectivity index (χ2n) is 5.86. The Kier molecular flexibility index (Phi) is 6.41. The van der Waals surface area contributed by atoms with Gasteiger partial charge < -0.3 is 13.9 Å². The van der Waals surface area contributed by atoms with E-state index in [2.05, 4.69) is 15.9 Å². The predicted molar refractivity (Wildman–Crippen MR) is 103 cm³/mol. The van der Waals surface area contributed by atoms with Crippen LogP contribution in [0.1, 0.15) is 5.56 Å². The summed E-state index contributed by atoms with van der Waals surface area (Å²) in [6.45, 7) is 1.47. The summed E-state index contributed by atoms with van der Waals surface area (Å²) in [6.07, 6.45) is -4.52. The molecule has 0 saturated heterocycles. The largest absolute Gasteiger partial charge is 0.491 e. The molecule has 8 heteroatoms. The van der Waals surface area contributed by atoms with Gasteiger partial charge in [0.05, 0.1) is 24.2 Å². The van der Waals surface area contributed by atoms with Crippen LogP contribution in [0.3, 0.4) is 0 Å². The molecule has 148 valence electrons. The lowest BCUT2D eigenvalue weighted by atomic mass is 10.1. The summed E-state index contributed by atoms with van der Waals surface area (Å²) >= 11 is 3.26. The first-order chi connectivity index (χ1) is 13.4. The van der Waals surface area contributed by atoms with Gasteiger partial charge in [0.25, 0.3) is 0 Å². The van der Waals surface area contributed by atoms with E-state index in [1.165, 1.54) is 6.07 Å². The Bertz CT molecular complexity index is 997.